The summed E-state index contributed by atoms with van der Waals surface area (Å²) < 4.78 is 5.43. The summed E-state index contributed by atoms with van der Waals surface area (Å²) in [5, 5.41) is 0. The molecule has 1 aliphatic rings. The van der Waals surface area contributed by atoms with Gasteiger partial charge in [0.1, 0.15) is 5.76 Å². The lowest BCUT2D eigenvalue weighted by atomic mass is 9.98. The Hall–Kier alpha value is -3.05. The maximum absolute atomic E-state index is 13.6. The second kappa shape index (κ2) is 8.00. The Morgan fingerprint density at radius 2 is 1.60 bits per heavy atom. The Morgan fingerprint density at radius 3 is 2.23 bits per heavy atom. The quantitative estimate of drug-likeness (QED) is 0.497. The van der Waals surface area contributed by atoms with Crippen LogP contribution in [0.2, 0.25) is 0 Å². The maximum atomic E-state index is 13.6. The van der Waals surface area contributed by atoms with Gasteiger partial charge >= 0.3 is 0 Å². The Kier molecular flexibility index (Phi) is 5.39. The number of nitrogens with zero attached hydrogens (tertiary/aromatic N) is 1. The van der Waals surface area contributed by atoms with E-state index in [1.165, 1.54) is 16.7 Å². The zero-order valence-electron chi connectivity index (χ0n) is 17.5. The average molecular weight is 418 g/mol. The number of imide groups is 1. The molecule has 0 saturated carbocycles. The van der Waals surface area contributed by atoms with E-state index >= 15 is 0 Å². The van der Waals surface area contributed by atoms with Crippen molar-refractivity contribution in [2.45, 2.75) is 33.4 Å². The summed E-state index contributed by atoms with van der Waals surface area (Å²) in [4.78, 5) is 28.8. The summed E-state index contributed by atoms with van der Waals surface area (Å²) >= 11 is 1.35. The minimum Gasteiger partial charge on any atom is -0.468 e. The van der Waals surface area contributed by atoms with E-state index < -0.39 is 0 Å². The molecule has 2 heterocycles. The summed E-state index contributed by atoms with van der Waals surface area (Å²) in [6, 6.07) is 15.4. The van der Waals surface area contributed by atoms with E-state index in [0.29, 0.717) is 21.9 Å². The molecule has 2 amide bonds. The maximum Gasteiger partial charge on any atom is 0.272 e. The van der Waals surface area contributed by atoms with Gasteiger partial charge in [0, 0.05) is 0 Å². The zero-order valence-corrected chi connectivity index (χ0v) is 18.3. The molecule has 4 rings (SSSR count). The average Bonchev–Trinajstić information content (AvgIpc) is 3.26. The normalized spacial score (nSPS) is 14.2. The fourth-order valence-corrected chi connectivity index (χ4v) is 4.83. The van der Waals surface area contributed by atoms with Crippen LogP contribution in [-0.4, -0.2) is 11.8 Å². The molecule has 0 aliphatic carbocycles. The number of benzene rings is 2. The van der Waals surface area contributed by atoms with E-state index in [-0.39, 0.29) is 11.8 Å². The fourth-order valence-electron chi connectivity index (χ4n) is 3.83. The Balaban J connectivity index is 1.81. The highest BCUT2D eigenvalue weighted by Crippen LogP contribution is 2.41. The molecule has 0 fully saturated rings. The molecular weight excluding hydrogens is 394 g/mol. The summed E-state index contributed by atoms with van der Waals surface area (Å²) in [6.45, 7) is 7.92. The molecule has 4 nitrogen and oxygen atoms in total. The Bertz CT molecular complexity index is 1150. The predicted octanol–water partition coefficient (Wildman–Crippen LogP) is 5.73. The molecule has 2 aromatic carbocycles. The van der Waals surface area contributed by atoms with Crippen LogP contribution in [0.3, 0.4) is 0 Å². The van der Waals surface area contributed by atoms with E-state index in [4.69, 9.17) is 4.42 Å². The van der Waals surface area contributed by atoms with Crippen molar-refractivity contribution in [3.8, 4) is 0 Å². The van der Waals surface area contributed by atoms with E-state index in [1.54, 1.807) is 6.26 Å². The van der Waals surface area contributed by atoms with E-state index in [0.717, 1.165) is 33.6 Å². The molecule has 0 bridgehead atoms. The third-order valence-electron chi connectivity index (χ3n) is 5.10. The smallest absolute Gasteiger partial charge is 0.272 e. The first kappa shape index (κ1) is 20.2. The number of furan rings is 1. The van der Waals surface area contributed by atoms with Gasteiger partial charge in [-0.1, -0.05) is 29.8 Å². The monoisotopic (exact) mass is 417 g/mol. The molecule has 152 valence electrons. The number of anilines is 1. The van der Waals surface area contributed by atoms with Gasteiger partial charge in [0.15, 0.2) is 0 Å². The van der Waals surface area contributed by atoms with Gasteiger partial charge in [0.2, 0.25) is 0 Å². The van der Waals surface area contributed by atoms with Gasteiger partial charge in [0.25, 0.3) is 11.8 Å². The topological polar surface area (TPSA) is 50.5 Å². The number of amides is 2. The number of carbonyl (C=O) groups excluding carboxylic acids is 2. The second-order valence-electron chi connectivity index (χ2n) is 7.68. The van der Waals surface area contributed by atoms with Crippen molar-refractivity contribution >= 4 is 34.8 Å². The third-order valence-corrected chi connectivity index (χ3v) is 6.19. The number of carbonyl (C=O) groups is 2. The van der Waals surface area contributed by atoms with E-state index in [9.17, 15) is 9.59 Å². The molecule has 0 saturated heterocycles. The van der Waals surface area contributed by atoms with Crippen molar-refractivity contribution in [2.24, 2.45) is 0 Å². The first-order valence-corrected chi connectivity index (χ1v) is 10.8. The van der Waals surface area contributed by atoms with Crippen molar-refractivity contribution in [3.63, 3.8) is 0 Å². The van der Waals surface area contributed by atoms with Crippen molar-refractivity contribution in [2.75, 3.05) is 4.90 Å². The lowest BCUT2D eigenvalue weighted by Crippen LogP contribution is -2.31. The molecule has 1 aromatic heterocycles. The molecule has 0 radical (unpaired) electrons. The molecule has 5 heteroatoms. The SMILES string of the molecule is Cc1cc(C)cc(N2C(=O)C(SCc3ccco3)=C(c3ccc(C)cc3C)C2=O)c1. The van der Waals surface area contributed by atoms with Gasteiger partial charge in [-0.15, -0.1) is 11.8 Å². The van der Waals surface area contributed by atoms with Crippen LogP contribution >= 0.6 is 11.8 Å². The van der Waals surface area contributed by atoms with Crippen molar-refractivity contribution < 1.29 is 14.0 Å². The minimum absolute atomic E-state index is 0.279. The highest BCUT2D eigenvalue weighted by Gasteiger charge is 2.40. The van der Waals surface area contributed by atoms with Crippen LogP contribution in [0, 0.1) is 27.7 Å². The van der Waals surface area contributed by atoms with Crippen LogP contribution in [0.4, 0.5) is 5.69 Å². The number of aryl methyl sites for hydroxylation is 4. The number of hydrogen-bond acceptors (Lipinski definition) is 4. The highest BCUT2D eigenvalue weighted by atomic mass is 32.2. The van der Waals surface area contributed by atoms with Crippen LogP contribution < -0.4 is 4.90 Å². The van der Waals surface area contributed by atoms with E-state index in [2.05, 4.69) is 0 Å². The minimum atomic E-state index is -0.281. The second-order valence-corrected chi connectivity index (χ2v) is 8.67. The van der Waals surface area contributed by atoms with E-state index in [1.807, 2.05) is 76.2 Å². The third kappa shape index (κ3) is 3.73. The zero-order chi connectivity index (χ0) is 21.4. The van der Waals surface area contributed by atoms with Gasteiger partial charge in [0.05, 0.1) is 28.2 Å². The van der Waals surface area contributed by atoms with Crippen LogP contribution in [0.1, 0.15) is 33.6 Å². The van der Waals surface area contributed by atoms with Crippen LogP contribution in [0.15, 0.2) is 64.1 Å². The predicted molar refractivity (Wildman–Crippen MR) is 121 cm³/mol. The Labute approximate surface area is 180 Å². The summed E-state index contributed by atoms with van der Waals surface area (Å²) in [5.74, 6) is 0.684. The molecule has 1 aliphatic heterocycles. The van der Waals surface area contributed by atoms with Gasteiger partial charge in [-0.05, 0) is 74.2 Å². The molecular formula is C25H23NO3S. The summed E-state index contributed by atoms with van der Waals surface area (Å²) in [7, 11) is 0. The van der Waals surface area contributed by atoms with Crippen molar-refractivity contribution in [1.29, 1.82) is 0 Å². The molecule has 0 N–H and O–H groups in total. The highest BCUT2D eigenvalue weighted by molar-refractivity contribution is 8.03. The first-order chi connectivity index (χ1) is 14.3. The van der Waals surface area contributed by atoms with Gasteiger partial charge in [-0.3, -0.25) is 9.59 Å². The van der Waals surface area contributed by atoms with Crippen molar-refractivity contribution in [3.05, 3.63) is 93.3 Å². The molecule has 30 heavy (non-hydrogen) atoms. The molecule has 3 aromatic rings. The summed E-state index contributed by atoms with van der Waals surface area (Å²) in [5.41, 5.74) is 5.99. The largest absolute Gasteiger partial charge is 0.468 e. The number of hydrogen-bond donors (Lipinski definition) is 0. The van der Waals surface area contributed by atoms with Gasteiger partial charge < -0.3 is 4.42 Å². The number of rotatable bonds is 5. The molecule has 0 atom stereocenters. The van der Waals surface area contributed by atoms with Crippen molar-refractivity contribution in [1.82, 2.24) is 0 Å². The lowest BCUT2D eigenvalue weighted by molar-refractivity contribution is -0.119. The molecule has 0 spiro atoms. The standard InChI is InChI=1S/C25H23NO3S/c1-15-7-8-21(18(4)11-15)22-23(30-14-20-6-5-9-29-20)25(28)26(24(22)27)19-12-16(2)10-17(3)13-19/h5-13H,14H2,1-4H3. The lowest BCUT2D eigenvalue weighted by Gasteiger charge is -2.17. The summed E-state index contributed by atoms with van der Waals surface area (Å²) in [6.07, 6.45) is 1.61. The van der Waals surface area contributed by atoms with Crippen LogP contribution in [0.25, 0.3) is 5.57 Å². The van der Waals surface area contributed by atoms with Gasteiger partial charge in [-0.25, -0.2) is 4.90 Å². The fraction of sp³-hybridized carbons (Fsp3) is 0.200. The Morgan fingerprint density at radius 1 is 0.867 bits per heavy atom. The first-order valence-electron chi connectivity index (χ1n) is 9.79. The molecule has 0 unspecified atom stereocenters. The number of thioether (sulfide) groups is 1. The van der Waals surface area contributed by atoms with Crippen LogP contribution in [0.5, 0.6) is 0 Å². The van der Waals surface area contributed by atoms with Crippen LogP contribution in [-0.2, 0) is 15.3 Å². The van der Waals surface area contributed by atoms with Gasteiger partial charge in [-0.2, -0.15) is 0 Å².